The molecule has 4 rings (SSSR count). The number of ketones is 1. The molecular weight excluding hydrogens is 390 g/mol. The largest absolute Gasteiger partial charge is 0.454 e. The number of aryl methyl sites for hydroxylation is 2. The van der Waals surface area contributed by atoms with Crippen molar-refractivity contribution in [2.24, 2.45) is 0 Å². The Balaban J connectivity index is 1.63. The Bertz CT molecular complexity index is 1180. The number of carbonyl (C=O) groups is 2. The molecule has 0 fully saturated rings. The second-order valence-corrected chi connectivity index (χ2v) is 8.78. The first-order valence-electron chi connectivity index (χ1n) is 8.74. The van der Waals surface area contributed by atoms with Crippen LogP contribution in [0.15, 0.2) is 53.9 Å². The zero-order valence-electron chi connectivity index (χ0n) is 15.4. The number of esters is 1. The number of hydrogen-bond acceptors (Lipinski definition) is 6. The van der Waals surface area contributed by atoms with Gasteiger partial charge in [-0.3, -0.25) is 4.79 Å². The average Bonchev–Trinajstić information content (AvgIpc) is 3.34. The summed E-state index contributed by atoms with van der Waals surface area (Å²) in [5.74, 6) is -0.707. The number of aromatic nitrogens is 1. The van der Waals surface area contributed by atoms with Crippen molar-refractivity contribution in [3.05, 3.63) is 74.8 Å². The molecule has 0 radical (unpaired) electrons. The molecule has 0 saturated heterocycles. The summed E-state index contributed by atoms with van der Waals surface area (Å²) in [5.41, 5.74) is 2.47. The maximum atomic E-state index is 12.8. The highest BCUT2D eigenvalue weighted by atomic mass is 32.1. The molecule has 0 aliphatic rings. The lowest BCUT2D eigenvalue weighted by molar-refractivity contribution is 0.0476. The van der Waals surface area contributed by atoms with Gasteiger partial charge in [0.1, 0.15) is 0 Å². The van der Waals surface area contributed by atoms with Gasteiger partial charge in [0, 0.05) is 20.7 Å². The van der Waals surface area contributed by atoms with E-state index in [4.69, 9.17) is 4.74 Å². The van der Waals surface area contributed by atoms with Gasteiger partial charge >= 0.3 is 5.97 Å². The number of para-hydroxylation sites is 1. The fourth-order valence-corrected chi connectivity index (χ4v) is 4.72. The van der Waals surface area contributed by atoms with Crippen LogP contribution in [-0.4, -0.2) is 23.3 Å². The van der Waals surface area contributed by atoms with Gasteiger partial charge in [0.15, 0.2) is 6.61 Å². The third-order valence-electron chi connectivity index (χ3n) is 4.39. The lowest BCUT2D eigenvalue weighted by atomic mass is 10.1. The monoisotopic (exact) mass is 407 g/mol. The molecule has 3 aromatic heterocycles. The molecule has 6 heteroatoms. The van der Waals surface area contributed by atoms with Crippen LogP contribution in [0.5, 0.6) is 0 Å². The average molecular weight is 408 g/mol. The van der Waals surface area contributed by atoms with Gasteiger partial charge in [0.05, 0.1) is 21.7 Å². The van der Waals surface area contributed by atoms with E-state index in [0.717, 1.165) is 25.8 Å². The summed E-state index contributed by atoms with van der Waals surface area (Å²) in [5, 5.41) is 2.68. The summed E-state index contributed by atoms with van der Waals surface area (Å²) in [6, 6.07) is 14.9. The van der Waals surface area contributed by atoms with E-state index in [2.05, 4.69) is 4.98 Å². The number of ether oxygens (including phenoxy) is 1. The number of hydrogen-bond donors (Lipinski definition) is 0. The molecule has 0 aliphatic heterocycles. The predicted octanol–water partition coefficient (Wildman–Crippen LogP) is 5.68. The molecule has 4 aromatic rings. The topological polar surface area (TPSA) is 56.3 Å². The fraction of sp³-hybridized carbons (Fsp3) is 0.136. The highest BCUT2D eigenvalue weighted by Gasteiger charge is 2.18. The molecule has 0 aliphatic carbocycles. The molecule has 3 heterocycles. The number of fused-ring (bicyclic) bond motifs is 1. The fourth-order valence-electron chi connectivity index (χ4n) is 3.09. The zero-order chi connectivity index (χ0) is 19.7. The first-order valence-corrected chi connectivity index (χ1v) is 10.4. The lowest BCUT2D eigenvalue weighted by Gasteiger charge is -2.09. The van der Waals surface area contributed by atoms with Crippen molar-refractivity contribution in [2.45, 2.75) is 13.8 Å². The molecule has 0 N–H and O–H groups in total. The quantitative estimate of drug-likeness (QED) is 0.315. The van der Waals surface area contributed by atoms with Crippen molar-refractivity contribution in [2.75, 3.05) is 6.61 Å². The highest BCUT2D eigenvalue weighted by molar-refractivity contribution is 7.13. The van der Waals surface area contributed by atoms with Crippen LogP contribution < -0.4 is 0 Å². The summed E-state index contributed by atoms with van der Waals surface area (Å²) < 4.78 is 5.38. The van der Waals surface area contributed by atoms with Crippen LogP contribution in [0, 0.1) is 13.8 Å². The van der Waals surface area contributed by atoms with E-state index in [0.29, 0.717) is 16.5 Å². The first-order chi connectivity index (χ1) is 13.5. The lowest BCUT2D eigenvalue weighted by Crippen LogP contribution is -2.15. The highest BCUT2D eigenvalue weighted by Crippen LogP contribution is 2.28. The van der Waals surface area contributed by atoms with Gasteiger partial charge in [-0.25, -0.2) is 9.78 Å². The second kappa shape index (κ2) is 7.66. The standard InChI is InChI=1S/C22H17NO3S2/c1-13-10-16(14(2)28-13)20(24)12-26-22(25)17-11-19(21-8-5-9-27-21)23-18-7-4-3-6-15(17)18/h3-11H,12H2,1-2H3. The number of pyridine rings is 1. The third kappa shape index (κ3) is 3.61. The summed E-state index contributed by atoms with van der Waals surface area (Å²) in [6.07, 6.45) is 0. The molecule has 1 aromatic carbocycles. The van der Waals surface area contributed by atoms with E-state index in [-0.39, 0.29) is 12.4 Å². The number of carbonyl (C=O) groups excluding carboxylic acids is 2. The maximum absolute atomic E-state index is 12.8. The van der Waals surface area contributed by atoms with E-state index < -0.39 is 5.97 Å². The number of thiophene rings is 2. The molecule has 0 saturated carbocycles. The molecule has 0 unspecified atom stereocenters. The van der Waals surface area contributed by atoms with E-state index in [1.165, 1.54) is 0 Å². The summed E-state index contributed by atoms with van der Waals surface area (Å²) >= 11 is 3.12. The maximum Gasteiger partial charge on any atom is 0.339 e. The number of nitrogens with zero attached hydrogens (tertiary/aromatic N) is 1. The minimum absolute atomic E-state index is 0.188. The third-order valence-corrected chi connectivity index (χ3v) is 6.24. The van der Waals surface area contributed by atoms with Gasteiger partial charge in [-0.15, -0.1) is 22.7 Å². The van der Waals surface area contributed by atoms with Crippen LogP contribution in [0.4, 0.5) is 0 Å². The molecule has 4 nitrogen and oxygen atoms in total. The summed E-state index contributed by atoms with van der Waals surface area (Å²) in [7, 11) is 0. The van der Waals surface area contributed by atoms with Crippen molar-refractivity contribution in [1.82, 2.24) is 4.98 Å². The van der Waals surface area contributed by atoms with E-state index in [1.807, 2.05) is 61.7 Å². The SMILES string of the molecule is Cc1cc(C(=O)COC(=O)c2cc(-c3cccs3)nc3ccccc23)c(C)s1. The van der Waals surface area contributed by atoms with Crippen LogP contribution in [0.25, 0.3) is 21.5 Å². The Hall–Kier alpha value is -2.83. The first kappa shape index (κ1) is 18.5. The van der Waals surface area contributed by atoms with Crippen molar-refractivity contribution in [3.63, 3.8) is 0 Å². The Morgan fingerprint density at radius 2 is 1.86 bits per heavy atom. The van der Waals surface area contributed by atoms with Crippen molar-refractivity contribution in [3.8, 4) is 10.6 Å². The van der Waals surface area contributed by atoms with Crippen LogP contribution >= 0.6 is 22.7 Å². The van der Waals surface area contributed by atoms with Crippen LogP contribution in [0.3, 0.4) is 0 Å². The smallest absolute Gasteiger partial charge is 0.339 e. The normalized spacial score (nSPS) is 10.9. The predicted molar refractivity (Wildman–Crippen MR) is 113 cm³/mol. The Morgan fingerprint density at radius 1 is 1.04 bits per heavy atom. The Kier molecular flexibility index (Phi) is 5.07. The van der Waals surface area contributed by atoms with Crippen molar-refractivity contribution in [1.29, 1.82) is 0 Å². The van der Waals surface area contributed by atoms with E-state index in [1.54, 1.807) is 28.7 Å². The van der Waals surface area contributed by atoms with Crippen LogP contribution in [-0.2, 0) is 4.74 Å². The van der Waals surface area contributed by atoms with Gasteiger partial charge in [-0.05, 0) is 43.5 Å². The summed E-state index contributed by atoms with van der Waals surface area (Å²) in [4.78, 5) is 32.9. The molecule has 140 valence electrons. The molecular formula is C22H17NO3S2. The molecule has 0 bridgehead atoms. The van der Waals surface area contributed by atoms with E-state index in [9.17, 15) is 9.59 Å². The Morgan fingerprint density at radius 3 is 2.57 bits per heavy atom. The summed E-state index contributed by atoms with van der Waals surface area (Å²) in [6.45, 7) is 3.58. The van der Waals surface area contributed by atoms with E-state index >= 15 is 0 Å². The molecule has 0 amide bonds. The number of rotatable bonds is 5. The molecule has 28 heavy (non-hydrogen) atoms. The Labute approximate surface area is 170 Å². The van der Waals surface area contributed by atoms with Crippen LogP contribution in [0.2, 0.25) is 0 Å². The van der Waals surface area contributed by atoms with Gasteiger partial charge in [-0.2, -0.15) is 0 Å². The van der Waals surface area contributed by atoms with Gasteiger partial charge in [0.2, 0.25) is 5.78 Å². The van der Waals surface area contributed by atoms with Crippen LogP contribution in [0.1, 0.15) is 30.5 Å². The van der Waals surface area contributed by atoms with Crippen molar-refractivity contribution < 1.29 is 14.3 Å². The van der Waals surface area contributed by atoms with Gasteiger partial charge in [-0.1, -0.05) is 24.3 Å². The zero-order valence-corrected chi connectivity index (χ0v) is 17.0. The minimum atomic E-state index is -0.519. The van der Waals surface area contributed by atoms with Gasteiger partial charge in [0.25, 0.3) is 0 Å². The van der Waals surface area contributed by atoms with Gasteiger partial charge < -0.3 is 4.74 Å². The number of Topliss-reactive ketones (excluding diaryl/α,β-unsaturated/α-hetero) is 1. The second-order valence-electron chi connectivity index (χ2n) is 6.38. The number of benzene rings is 1. The molecule has 0 spiro atoms. The minimum Gasteiger partial charge on any atom is -0.454 e. The van der Waals surface area contributed by atoms with Crippen molar-refractivity contribution >= 4 is 45.3 Å². The molecule has 0 atom stereocenters.